The predicted octanol–water partition coefficient (Wildman–Crippen LogP) is 1.01. The Balaban J connectivity index is 1.85. The number of amides is 1. The second-order valence-corrected chi connectivity index (χ2v) is 5.57. The van der Waals surface area contributed by atoms with E-state index in [4.69, 9.17) is 4.74 Å². The van der Waals surface area contributed by atoms with Gasteiger partial charge in [0.15, 0.2) is 0 Å². The van der Waals surface area contributed by atoms with Gasteiger partial charge in [-0.2, -0.15) is 0 Å². The Morgan fingerprint density at radius 2 is 2.24 bits per heavy atom. The number of hydrogen-bond donors (Lipinski definition) is 2. The first-order chi connectivity index (χ1) is 10.2. The van der Waals surface area contributed by atoms with Crippen LogP contribution in [0.2, 0.25) is 0 Å². The Kier molecular flexibility index (Phi) is 5.59. The standard InChI is InChI=1S/C16H24N2O3/c1-12-7-8-18(14(12)11-19)10-16(20)17-9-13-5-3-4-6-15(13)21-2/h3-6,12,14,19H,7-11H2,1-2H3,(H,17,20). The Labute approximate surface area is 125 Å². The molecule has 116 valence electrons. The van der Waals surface area contributed by atoms with Gasteiger partial charge in [0.25, 0.3) is 0 Å². The second kappa shape index (κ2) is 7.43. The minimum atomic E-state index is -0.0199. The van der Waals surface area contributed by atoms with E-state index in [0.29, 0.717) is 19.0 Å². The maximum atomic E-state index is 12.1. The van der Waals surface area contributed by atoms with Crippen LogP contribution >= 0.6 is 0 Å². The molecular weight excluding hydrogens is 268 g/mol. The zero-order valence-corrected chi connectivity index (χ0v) is 12.7. The highest BCUT2D eigenvalue weighted by molar-refractivity contribution is 5.78. The molecule has 1 amide bonds. The summed E-state index contributed by atoms with van der Waals surface area (Å²) in [5.74, 6) is 1.20. The number of likely N-dealkylation sites (tertiary alicyclic amines) is 1. The molecule has 1 aliphatic heterocycles. The number of nitrogens with zero attached hydrogens (tertiary/aromatic N) is 1. The first-order valence-corrected chi connectivity index (χ1v) is 7.39. The monoisotopic (exact) mass is 292 g/mol. The Morgan fingerprint density at radius 3 is 2.95 bits per heavy atom. The third-order valence-electron chi connectivity index (χ3n) is 4.20. The molecule has 2 rings (SSSR count). The lowest BCUT2D eigenvalue weighted by atomic mass is 10.0. The molecular formula is C16H24N2O3. The Morgan fingerprint density at radius 1 is 1.48 bits per heavy atom. The molecule has 1 heterocycles. The van der Waals surface area contributed by atoms with Gasteiger partial charge in [0, 0.05) is 18.2 Å². The van der Waals surface area contributed by atoms with Crippen molar-refractivity contribution < 1.29 is 14.6 Å². The predicted molar refractivity (Wildman–Crippen MR) is 81.1 cm³/mol. The molecule has 5 nitrogen and oxygen atoms in total. The van der Waals surface area contributed by atoms with Crippen LogP contribution in [0.15, 0.2) is 24.3 Å². The van der Waals surface area contributed by atoms with Gasteiger partial charge in [-0.3, -0.25) is 9.69 Å². The summed E-state index contributed by atoms with van der Waals surface area (Å²) in [6.45, 7) is 3.89. The zero-order chi connectivity index (χ0) is 15.2. The molecule has 1 fully saturated rings. The van der Waals surface area contributed by atoms with Crippen LogP contribution < -0.4 is 10.1 Å². The summed E-state index contributed by atoms with van der Waals surface area (Å²) >= 11 is 0. The summed E-state index contributed by atoms with van der Waals surface area (Å²) in [7, 11) is 1.62. The van der Waals surface area contributed by atoms with Crippen LogP contribution in [0.1, 0.15) is 18.9 Å². The van der Waals surface area contributed by atoms with Gasteiger partial charge in [0.05, 0.1) is 20.3 Å². The van der Waals surface area contributed by atoms with E-state index in [2.05, 4.69) is 17.1 Å². The van der Waals surface area contributed by atoms with Crippen LogP contribution in [0, 0.1) is 5.92 Å². The molecule has 0 aliphatic carbocycles. The number of para-hydroxylation sites is 1. The fourth-order valence-electron chi connectivity index (χ4n) is 2.86. The van der Waals surface area contributed by atoms with Crippen LogP contribution in [-0.2, 0) is 11.3 Å². The van der Waals surface area contributed by atoms with E-state index < -0.39 is 0 Å². The summed E-state index contributed by atoms with van der Waals surface area (Å²) < 4.78 is 5.26. The van der Waals surface area contributed by atoms with Crippen LogP contribution in [0.5, 0.6) is 5.75 Å². The van der Waals surface area contributed by atoms with Gasteiger partial charge >= 0.3 is 0 Å². The topological polar surface area (TPSA) is 61.8 Å². The SMILES string of the molecule is COc1ccccc1CNC(=O)CN1CCC(C)C1CO. The Bertz CT molecular complexity index is 478. The van der Waals surface area contributed by atoms with Gasteiger partial charge in [-0.15, -0.1) is 0 Å². The fourth-order valence-corrected chi connectivity index (χ4v) is 2.86. The van der Waals surface area contributed by atoms with Crippen molar-refractivity contribution in [3.8, 4) is 5.75 Å². The van der Waals surface area contributed by atoms with Gasteiger partial charge in [0.1, 0.15) is 5.75 Å². The number of hydrogen-bond acceptors (Lipinski definition) is 4. The van der Waals surface area contributed by atoms with E-state index in [1.165, 1.54) is 0 Å². The second-order valence-electron chi connectivity index (χ2n) is 5.57. The number of carbonyl (C=O) groups is 1. The average molecular weight is 292 g/mol. The highest BCUT2D eigenvalue weighted by atomic mass is 16.5. The number of aliphatic hydroxyl groups is 1. The van der Waals surface area contributed by atoms with Crippen molar-refractivity contribution in [2.45, 2.75) is 25.9 Å². The molecule has 0 spiro atoms. The van der Waals surface area contributed by atoms with Crippen molar-refractivity contribution in [1.82, 2.24) is 10.2 Å². The van der Waals surface area contributed by atoms with E-state index >= 15 is 0 Å². The third kappa shape index (κ3) is 3.95. The minimum absolute atomic E-state index is 0.0199. The highest BCUT2D eigenvalue weighted by Crippen LogP contribution is 2.23. The summed E-state index contributed by atoms with van der Waals surface area (Å²) in [4.78, 5) is 14.1. The van der Waals surface area contributed by atoms with Gasteiger partial charge in [-0.05, 0) is 24.9 Å². The number of nitrogens with one attached hydrogen (secondary N) is 1. The lowest BCUT2D eigenvalue weighted by Crippen LogP contribution is -2.42. The fraction of sp³-hybridized carbons (Fsp3) is 0.562. The van der Waals surface area contributed by atoms with E-state index in [1.807, 2.05) is 24.3 Å². The van der Waals surface area contributed by atoms with Crippen molar-refractivity contribution in [1.29, 1.82) is 0 Å². The van der Waals surface area contributed by atoms with Crippen molar-refractivity contribution in [3.05, 3.63) is 29.8 Å². The van der Waals surface area contributed by atoms with Gasteiger partial charge < -0.3 is 15.2 Å². The van der Waals surface area contributed by atoms with Crippen molar-refractivity contribution in [2.24, 2.45) is 5.92 Å². The van der Waals surface area contributed by atoms with Crippen molar-refractivity contribution >= 4 is 5.91 Å². The smallest absolute Gasteiger partial charge is 0.234 e. The molecule has 2 N–H and O–H groups in total. The molecule has 1 aliphatic rings. The summed E-state index contributed by atoms with van der Waals surface area (Å²) in [6, 6.07) is 7.75. The van der Waals surface area contributed by atoms with Gasteiger partial charge in [-0.1, -0.05) is 25.1 Å². The molecule has 0 aromatic heterocycles. The normalized spacial score (nSPS) is 22.2. The number of carbonyl (C=O) groups excluding carboxylic acids is 1. The van der Waals surface area contributed by atoms with E-state index in [1.54, 1.807) is 7.11 Å². The van der Waals surface area contributed by atoms with Crippen LogP contribution in [0.4, 0.5) is 0 Å². The Hall–Kier alpha value is -1.59. The number of benzene rings is 1. The molecule has 5 heteroatoms. The molecule has 0 radical (unpaired) electrons. The maximum Gasteiger partial charge on any atom is 0.234 e. The molecule has 2 atom stereocenters. The first kappa shape index (κ1) is 15.8. The van der Waals surface area contributed by atoms with E-state index in [0.717, 1.165) is 24.3 Å². The molecule has 2 unspecified atom stereocenters. The van der Waals surface area contributed by atoms with Crippen molar-refractivity contribution in [3.63, 3.8) is 0 Å². The van der Waals surface area contributed by atoms with E-state index in [9.17, 15) is 9.90 Å². The maximum absolute atomic E-state index is 12.1. The molecule has 1 aromatic rings. The molecule has 21 heavy (non-hydrogen) atoms. The average Bonchev–Trinajstić information content (AvgIpc) is 2.85. The number of rotatable bonds is 6. The lowest BCUT2D eigenvalue weighted by Gasteiger charge is -2.24. The number of ether oxygens (including phenoxy) is 1. The largest absolute Gasteiger partial charge is 0.496 e. The van der Waals surface area contributed by atoms with Crippen LogP contribution in [0.25, 0.3) is 0 Å². The minimum Gasteiger partial charge on any atom is -0.496 e. The first-order valence-electron chi connectivity index (χ1n) is 7.39. The number of methoxy groups -OCH3 is 1. The molecule has 1 aromatic carbocycles. The van der Waals surface area contributed by atoms with E-state index in [-0.39, 0.29) is 18.6 Å². The quantitative estimate of drug-likeness (QED) is 0.821. The molecule has 0 bridgehead atoms. The molecule has 1 saturated heterocycles. The molecule has 0 saturated carbocycles. The highest BCUT2D eigenvalue weighted by Gasteiger charge is 2.31. The van der Waals surface area contributed by atoms with Crippen LogP contribution in [-0.4, -0.2) is 48.8 Å². The summed E-state index contributed by atoms with van der Waals surface area (Å²) in [5.41, 5.74) is 0.960. The zero-order valence-electron chi connectivity index (χ0n) is 12.7. The third-order valence-corrected chi connectivity index (χ3v) is 4.20. The summed E-state index contributed by atoms with van der Waals surface area (Å²) in [6.07, 6.45) is 1.03. The van der Waals surface area contributed by atoms with Crippen molar-refractivity contribution in [2.75, 3.05) is 26.8 Å². The van der Waals surface area contributed by atoms with Crippen LogP contribution in [0.3, 0.4) is 0 Å². The van der Waals surface area contributed by atoms with Gasteiger partial charge in [-0.25, -0.2) is 0 Å². The number of aliphatic hydroxyl groups excluding tert-OH is 1. The summed E-state index contributed by atoms with van der Waals surface area (Å²) in [5, 5.41) is 12.3. The lowest BCUT2D eigenvalue weighted by molar-refractivity contribution is -0.122. The van der Waals surface area contributed by atoms with Gasteiger partial charge in [0.2, 0.25) is 5.91 Å².